The van der Waals surface area contributed by atoms with Crippen LogP contribution in [0, 0.1) is 6.92 Å². The highest BCUT2D eigenvalue weighted by Gasteiger charge is 2.13. The number of nitrogens with zero attached hydrogens (tertiary/aromatic N) is 5. The smallest absolute Gasteiger partial charge is 0.236 e. The molecule has 0 saturated carbocycles. The van der Waals surface area contributed by atoms with Crippen LogP contribution in [-0.4, -0.2) is 42.4 Å². The van der Waals surface area contributed by atoms with E-state index in [0.717, 1.165) is 28.8 Å². The highest BCUT2D eigenvalue weighted by molar-refractivity contribution is 8.01. The first-order valence-electron chi connectivity index (χ1n) is 7.53. The molecule has 0 spiro atoms. The number of carbonyl (C=O) groups is 1. The summed E-state index contributed by atoms with van der Waals surface area (Å²) < 4.78 is 2.80. The lowest BCUT2D eigenvalue weighted by Crippen LogP contribution is -2.14. The Morgan fingerprint density at radius 2 is 2.17 bits per heavy atom. The molecule has 10 heteroatoms. The maximum absolute atomic E-state index is 12.1. The number of hydrogen-bond acceptors (Lipinski definition) is 8. The van der Waals surface area contributed by atoms with Crippen molar-refractivity contribution in [2.75, 3.05) is 16.8 Å². The van der Waals surface area contributed by atoms with Gasteiger partial charge < -0.3 is 4.57 Å². The van der Waals surface area contributed by atoms with Crippen LogP contribution in [-0.2, 0) is 11.3 Å². The van der Waals surface area contributed by atoms with Crippen LogP contribution >= 0.6 is 34.9 Å². The van der Waals surface area contributed by atoms with Crippen molar-refractivity contribution in [3.63, 3.8) is 0 Å². The average molecular weight is 385 g/mol. The van der Waals surface area contributed by atoms with Crippen LogP contribution in [0.3, 0.4) is 0 Å². The summed E-state index contributed by atoms with van der Waals surface area (Å²) >= 11 is 4.41. The van der Waals surface area contributed by atoms with Crippen molar-refractivity contribution < 1.29 is 4.79 Å². The molecular weight excluding hydrogens is 364 g/mol. The zero-order valence-corrected chi connectivity index (χ0v) is 16.1. The maximum atomic E-state index is 12.1. The van der Waals surface area contributed by atoms with E-state index < -0.39 is 0 Å². The number of hydrogen-bond donors (Lipinski definition) is 1. The molecule has 2 aromatic heterocycles. The van der Waals surface area contributed by atoms with E-state index in [4.69, 9.17) is 0 Å². The van der Waals surface area contributed by atoms with Crippen LogP contribution < -0.4 is 5.32 Å². The van der Waals surface area contributed by atoms with E-state index in [-0.39, 0.29) is 11.7 Å². The first-order chi connectivity index (χ1) is 11.6. The molecule has 0 fully saturated rings. The summed E-state index contributed by atoms with van der Waals surface area (Å²) in [6.45, 7) is 8.37. The molecule has 1 amide bonds. The van der Waals surface area contributed by atoms with Crippen molar-refractivity contribution in [1.29, 1.82) is 0 Å². The van der Waals surface area contributed by atoms with E-state index >= 15 is 0 Å². The number of nitrogens with one attached hydrogen (secondary N) is 1. The van der Waals surface area contributed by atoms with E-state index in [9.17, 15) is 4.79 Å². The van der Waals surface area contributed by atoms with E-state index in [1.807, 2.05) is 11.5 Å². The van der Waals surface area contributed by atoms with Gasteiger partial charge in [0.25, 0.3) is 0 Å². The Bertz CT molecular complexity index is 684. The Morgan fingerprint density at radius 3 is 2.92 bits per heavy atom. The van der Waals surface area contributed by atoms with Crippen molar-refractivity contribution in [1.82, 2.24) is 25.0 Å². The second kappa shape index (κ2) is 9.80. The van der Waals surface area contributed by atoms with E-state index in [1.54, 1.807) is 17.8 Å². The number of thioether (sulfide) groups is 2. The van der Waals surface area contributed by atoms with Crippen molar-refractivity contribution in [3.8, 4) is 0 Å². The summed E-state index contributed by atoms with van der Waals surface area (Å²) in [7, 11) is 0. The summed E-state index contributed by atoms with van der Waals surface area (Å²) in [5, 5.41) is 20.2. The molecule has 0 aromatic carbocycles. The third-order valence-electron chi connectivity index (χ3n) is 2.92. The first-order valence-corrected chi connectivity index (χ1v) is 10.3. The third-order valence-corrected chi connectivity index (χ3v) is 5.95. The van der Waals surface area contributed by atoms with Crippen molar-refractivity contribution in [2.45, 2.75) is 42.7 Å². The first kappa shape index (κ1) is 18.9. The largest absolute Gasteiger partial charge is 0.302 e. The van der Waals surface area contributed by atoms with Crippen molar-refractivity contribution >= 4 is 45.9 Å². The van der Waals surface area contributed by atoms with Crippen LogP contribution in [0.4, 0.5) is 5.13 Å². The van der Waals surface area contributed by atoms with E-state index in [2.05, 4.69) is 39.2 Å². The highest BCUT2D eigenvalue weighted by atomic mass is 32.2. The number of carbonyl (C=O) groups excluding carboxylic acids is 1. The van der Waals surface area contributed by atoms with Crippen LogP contribution in [0.25, 0.3) is 0 Å². The molecule has 0 atom stereocenters. The molecular formula is C14H20N6OS3. The van der Waals surface area contributed by atoms with Gasteiger partial charge >= 0.3 is 0 Å². The van der Waals surface area contributed by atoms with Crippen LogP contribution in [0.5, 0.6) is 0 Å². The Kier molecular flexibility index (Phi) is 7.73. The number of amides is 1. The average Bonchev–Trinajstić information content (AvgIpc) is 3.14. The third kappa shape index (κ3) is 5.60. The molecule has 7 nitrogen and oxygen atoms in total. The standard InChI is InChI=1S/C14H20N6OS3/c1-4-6-8-22-14-19-17-12(24-14)15-11(21)9-23-13-18-16-10(3)20(13)7-5-2/h5H,2,4,6-9H2,1,3H3,(H,15,17,21). The van der Waals surface area contributed by atoms with Gasteiger partial charge in [-0.3, -0.25) is 10.1 Å². The zero-order valence-electron chi connectivity index (χ0n) is 13.7. The predicted octanol–water partition coefficient (Wildman–Crippen LogP) is 3.25. The minimum absolute atomic E-state index is 0.132. The Morgan fingerprint density at radius 1 is 1.33 bits per heavy atom. The van der Waals surface area contributed by atoms with Gasteiger partial charge in [0.15, 0.2) is 9.50 Å². The fourth-order valence-electron chi connectivity index (χ4n) is 1.72. The molecule has 0 aliphatic heterocycles. The van der Waals surface area contributed by atoms with Crippen LogP contribution in [0.1, 0.15) is 25.6 Å². The molecule has 0 radical (unpaired) electrons. The molecule has 2 rings (SSSR count). The van der Waals surface area contributed by atoms with Crippen LogP contribution in [0.2, 0.25) is 0 Å². The molecule has 2 heterocycles. The quantitative estimate of drug-likeness (QED) is 0.291. The number of unbranched alkanes of at least 4 members (excludes halogenated alkanes) is 1. The van der Waals surface area contributed by atoms with Crippen molar-refractivity contribution in [2.24, 2.45) is 0 Å². The van der Waals surface area contributed by atoms with Gasteiger partial charge in [0.2, 0.25) is 11.0 Å². The van der Waals surface area contributed by atoms with Gasteiger partial charge in [-0.15, -0.1) is 27.0 Å². The molecule has 0 aliphatic carbocycles. The maximum Gasteiger partial charge on any atom is 0.236 e. The fourth-order valence-corrected chi connectivity index (χ4v) is 4.43. The lowest BCUT2D eigenvalue weighted by molar-refractivity contribution is -0.113. The molecule has 0 bridgehead atoms. The van der Waals surface area contributed by atoms with Gasteiger partial charge in [0, 0.05) is 12.3 Å². The van der Waals surface area contributed by atoms with E-state index in [0.29, 0.717) is 16.8 Å². The minimum atomic E-state index is -0.132. The lowest BCUT2D eigenvalue weighted by Gasteiger charge is -2.04. The van der Waals surface area contributed by atoms with E-state index in [1.165, 1.54) is 23.1 Å². The molecule has 24 heavy (non-hydrogen) atoms. The Hall–Kier alpha value is -1.39. The SMILES string of the molecule is C=CCn1c(C)nnc1SCC(=O)Nc1nnc(SCCCC)s1. The zero-order chi connectivity index (χ0) is 17.4. The monoisotopic (exact) mass is 384 g/mol. The fraction of sp³-hybridized carbons (Fsp3) is 0.500. The summed E-state index contributed by atoms with van der Waals surface area (Å²) in [6, 6.07) is 0. The van der Waals surface area contributed by atoms with Crippen LogP contribution in [0.15, 0.2) is 22.2 Å². The van der Waals surface area contributed by atoms with Gasteiger partial charge in [-0.2, -0.15) is 0 Å². The minimum Gasteiger partial charge on any atom is -0.302 e. The number of aromatic nitrogens is 5. The van der Waals surface area contributed by atoms with Gasteiger partial charge in [-0.1, -0.05) is 54.3 Å². The van der Waals surface area contributed by atoms with Crippen molar-refractivity contribution in [3.05, 3.63) is 18.5 Å². The molecule has 130 valence electrons. The second-order valence-corrected chi connectivity index (χ2v) is 8.10. The number of anilines is 1. The summed E-state index contributed by atoms with van der Waals surface area (Å²) in [4.78, 5) is 12.1. The summed E-state index contributed by atoms with van der Waals surface area (Å²) in [5.41, 5.74) is 0. The second-order valence-electron chi connectivity index (χ2n) is 4.84. The van der Waals surface area contributed by atoms with Gasteiger partial charge in [-0.05, 0) is 13.3 Å². The Balaban J connectivity index is 1.82. The molecule has 2 aromatic rings. The summed E-state index contributed by atoms with van der Waals surface area (Å²) in [5.74, 6) is 1.93. The molecule has 1 N–H and O–H groups in total. The van der Waals surface area contributed by atoms with Gasteiger partial charge in [0.1, 0.15) is 5.82 Å². The summed E-state index contributed by atoms with van der Waals surface area (Å²) in [6.07, 6.45) is 4.08. The Labute approximate surface area is 153 Å². The number of aryl methyl sites for hydroxylation is 1. The highest BCUT2D eigenvalue weighted by Crippen LogP contribution is 2.26. The molecule has 0 saturated heterocycles. The predicted molar refractivity (Wildman–Crippen MR) is 99.9 cm³/mol. The lowest BCUT2D eigenvalue weighted by atomic mass is 10.4. The van der Waals surface area contributed by atoms with Gasteiger partial charge in [0.05, 0.1) is 5.75 Å². The number of allylic oxidation sites excluding steroid dienone is 1. The van der Waals surface area contributed by atoms with Gasteiger partial charge in [-0.25, -0.2) is 0 Å². The normalized spacial score (nSPS) is 10.8. The molecule has 0 aliphatic rings. The topological polar surface area (TPSA) is 85.6 Å². The molecule has 0 unspecified atom stereocenters. The number of rotatable bonds is 10.